The first-order chi connectivity index (χ1) is 13.2. The number of hydrogen-bond donors (Lipinski definition) is 1. The first-order valence-corrected chi connectivity index (χ1v) is 9.53. The van der Waals surface area contributed by atoms with Crippen LogP contribution in [0.25, 0.3) is 0 Å². The van der Waals surface area contributed by atoms with E-state index in [9.17, 15) is 4.79 Å². The molecule has 0 fully saturated rings. The number of hydrazone groups is 1. The zero-order valence-electron chi connectivity index (χ0n) is 14.5. The van der Waals surface area contributed by atoms with Crippen LogP contribution in [0.2, 0.25) is 0 Å². The average Bonchev–Trinajstić information content (AvgIpc) is 3.16. The summed E-state index contributed by atoms with van der Waals surface area (Å²) >= 11 is 3.47. The van der Waals surface area contributed by atoms with Crippen LogP contribution < -0.4 is 5.32 Å². The largest absolute Gasteiger partial charge is 0.342 e. The Morgan fingerprint density at radius 1 is 0.926 bits per heavy atom. The summed E-state index contributed by atoms with van der Waals surface area (Å²) in [6.07, 6.45) is 0.674. The number of nitrogens with one attached hydrogen (secondary N) is 1. The Labute approximate surface area is 166 Å². The molecule has 0 aliphatic carbocycles. The molecule has 1 heterocycles. The molecule has 0 spiro atoms. The second kappa shape index (κ2) is 7.76. The van der Waals surface area contributed by atoms with Gasteiger partial charge in [-0.15, -0.1) is 0 Å². The summed E-state index contributed by atoms with van der Waals surface area (Å²) < 4.78 is 1.01. The topological polar surface area (TPSA) is 44.7 Å². The maximum atomic E-state index is 12.9. The number of amides is 2. The minimum atomic E-state index is -0.236. The number of anilines is 1. The van der Waals surface area contributed by atoms with Crippen molar-refractivity contribution in [1.82, 2.24) is 5.01 Å². The van der Waals surface area contributed by atoms with Crippen LogP contribution >= 0.6 is 15.9 Å². The van der Waals surface area contributed by atoms with Gasteiger partial charge in [-0.25, -0.2) is 9.80 Å². The molecule has 0 unspecified atom stereocenters. The maximum Gasteiger partial charge on any atom is 0.342 e. The SMILES string of the molecule is O=C(Nc1ccccc1)N1N=C(c2ccccc2)C[C@H]1c1ccc(Br)cc1. The molecule has 0 saturated carbocycles. The lowest BCUT2D eigenvalue weighted by Crippen LogP contribution is -2.31. The monoisotopic (exact) mass is 419 g/mol. The van der Waals surface area contributed by atoms with Gasteiger partial charge in [0.2, 0.25) is 0 Å². The zero-order chi connectivity index (χ0) is 18.6. The van der Waals surface area contributed by atoms with E-state index < -0.39 is 0 Å². The number of nitrogens with zero attached hydrogens (tertiary/aromatic N) is 2. The van der Waals surface area contributed by atoms with Crippen LogP contribution in [0.4, 0.5) is 10.5 Å². The van der Waals surface area contributed by atoms with Crippen LogP contribution in [0.5, 0.6) is 0 Å². The second-order valence-electron chi connectivity index (χ2n) is 6.32. The van der Waals surface area contributed by atoms with Gasteiger partial charge in [-0.05, 0) is 35.4 Å². The molecule has 1 aliphatic heterocycles. The highest BCUT2D eigenvalue weighted by Gasteiger charge is 2.33. The van der Waals surface area contributed by atoms with Gasteiger partial charge in [-0.2, -0.15) is 5.10 Å². The van der Waals surface area contributed by atoms with E-state index in [1.165, 1.54) is 0 Å². The Kier molecular flexibility index (Phi) is 5.03. The van der Waals surface area contributed by atoms with Gasteiger partial charge in [0.25, 0.3) is 0 Å². The van der Waals surface area contributed by atoms with Gasteiger partial charge < -0.3 is 5.32 Å². The fraction of sp³-hybridized carbons (Fsp3) is 0.0909. The molecular weight excluding hydrogens is 402 g/mol. The van der Waals surface area contributed by atoms with Crippen molar-refractivity contribution in [2.45, 2.75) is 12.5 Å². The number of urea groups is 1. The van der Waals surface area contributed by atoms with Crippen molar-refractivity contribution in [2.24, 2.45) is 5.10 Å². The van der Waals surface area contributed by atoms with E-state index in [1.807, 2.05) is 84.9 Å². The molecule has 27 heavy (non-hydrogen) atoms. The van der Waals surface area contributed by atoms with Crippen LogP contribution in [-0.2, 0) is 0 Å². The number of carbonyl (C=O) groups is 1. The van der Waals surface area contributed by atoms with Crippen LogP contribution in [-0.4, -0.2) is 16.8 Å². The Hall–Kier alpha value is -2.92. The predicted octanol–water partition coefficient (Wildman–Crippen LogP) is 5.83. The van der Waals surface area contributed by atoms with Crippen molar-refractivity contribution in [3.63, 3.8) is 0 Å². The molecule has 1 aliphatic rings. The molecule has 1 atom stereocenters. The summed E-state index contributed by atoms with van der Waals surface area (Å²) in [5.41, 5.74) is 3.75. The van der Waals surface area contributed by atoms with Gasteiger partial charge in [0.05, 0.1) is 11.8 Å². The van der Waals surface area contributed by atoms with E-state index in [1.54, 1.807) is 5.01 Å². The quantitative estimate of drug-likeness (QED) is 0.569. The number of benzene rings is 3. The molecule has 5 heteroatoms. The first-order valence-electron chi connectivity index (χ1n) is 8.74. The van der Waals surface area contributed by atoms with Crippen molar-refractivity contribution in [3.05, 3.63) is 101 Å². The van der Waals surface area contributed by atoms with E-state index in [4.69, 9.17) is 0 Å². The average molecular weight is 420 g/mol. The van der Waals surface area contributed by atoms with E-state index in [0.29, 0.717) is 6.42 Å². The van der Waals surface area contributed by atoms with Gasteiger partial charge in [-0.1, -0.05) is 76.6 Å². The fourth-order valence-corrected chi connectivity index (χ4v) is 3.41. The normalized spacial score (nSPS) is 16.1. The van der Waals surface area contributed by atoms with Crippen molar-refractivity contribution < 1.29 is 4.79 Å². The minimum Gasteiger partial charge on any atom is -0.306 e. The molecule has 0 saturated heterocycles. The molecule has 4 rings (SSSR count). The van der Waals surface area contributed by atoms with Gasteiger partial charge >= 0.3 is 6.03 Å². The number of hydrogen-bond acceptors (Lipinski definition) is 2. The standard InChI is InChI=1S/C22H18BrN3O/c23-18-13-11-17(12-14-18)21-15-20(16-7-3-1-4-8-16)25-26(21)22(27)24-19-9-5-2-6-10-19/h1-14,21H,15H2,(H,24,27)/t21-/m0/s1. The predicted molar refractivity (Wildman–Crippen MR) is 112 cm³/mol. The van der Waals surface area contributed by atoms with Gasteiger partial charge in [-0.3, -0.25) is 0 Å². The lowest BCUT2D eigenvalue weighted by Gasteiger charge is -2.22. The van der Waals surface area contributed by atoms with Gasteiger partial charge in [0, 0.05) is 16.6 Å². The van der Waals surface area contributed by atoms with Crippen molar-refractivity contribution in [1.29, 1.82) is 0 Å². The summed E-state index contributed by atoms with van der Waals surface area (Å²) in [7, 11) is 0. The fourth-order valence-electron chi connectivity index (χ4n) is 3.15. The first kappa shape index (κ1) is 17.5. The van der Waals surface area contributed by atoms with Crippen molar-refractivity contribution >= 4 is 33.4 Å². The molecule has 0 aromatic heterocycles. The summed E-state index contributed by atoms with van der Waals surface area (Å²) in [6.45, 7) is 0. The lowest BCUT2D eigenvalue weighted by molar-refractivity contribution is 0.200. The number of carbonyl (C=O) groups excluding carboxylic acids is 1. The third kappa shape index (κ3) is 3.93. The highest BCUT2D eigenvalue weighted by atomic mass is 79.9. The van der Waals surface area contributed by atoms with Crippen LogP contribution in [0, 0.1) is 0 Å². The van der Waals surface area contributed by atoms with Crippen LogP contribution in [0.3, 0.4) is 0 Å². The highest BCUT2D eigenvalue weighted by Crippen LogP contribution is 2.33. The molecule has 1 N–H and O–H groups in total. The molecule has 3 aromatic carbocycles. The second-order valence-corrected chi connectivity index (χ2v) is 7.24. The smallest absolute Gasteiger partial charge is 0.306 e. The third-order valence-electron chi connectivity index (χ3n) is 4.51. The molecule has 4 nitrogen and oxygen atoms in total. The molecular formula is C22H18BrN3O. The highest BCUT2D eigenvalue weighted by molar-refractivity contribution is 9.10. The van der Waals surface area contributed by atoms with Crippen LogP contribution in [0.1, 0.15) is 23.6 Å². The maximum absolute atomic E-state index is 12.9. The summed E-state index contributed by atoms with van der Waals surface area (Å²) in [4.78, 5) is 12.9. The number of halogens is 1. The van der Waals surface area contributed by atoms with E-state index in [2.05, 4.69) is 26.3 Å². The zero-order valence-corrected chi connectivity index (χ0v) is 16.1. The Balaban J connectivity index is 1.65. The lowest BCUT2D eigenvalue weighted by atomic mass is 9.99. The van der Waals surface area contributed by atoms with Crippen LogP contribution in [0.15, 0.2) is 94.5 Å². The third-order valence-corrected chi connectivity index (χ3v) is 5.03. The number of rotatable bonds is 3. The Morgan fingerprint density at radius 3 is 2.22 bits per heavy atom. The molecule has 134 valence electrons. The van der Waals surface area contributed by atoms with E-state index >= 15 is 0 Å². The molecule has 3 aromatic rings. The van der Waals surface area contributed by atoms with Gasteiger partial charge in [0.1, 0.15) is 0 Å². The Bertz CT molecular complexity index is 956. The summed E-state index contributed by atoms with van der Waals surface area (Å²) in [6, 6.07) is 27.1. The molecule has 0 bridgehead atoms. The molecule has 2 amide bonds. The summed E-state index contributed by atoms with van der Waals surface area (Å²) in [5, 5.41) is 9.15. The van der Waals surface area contributed by atoms with Crippen molar-refractivity contribution in [2.75, 3.05) is 5.32 Å². The van der Waals surface area contributed by atoms with Gasteiger partial charge in [0.15, 0.2) is 0 Å². The number of para-hydroxylation sites is 1. The minimum absolute atomic E-state index is 0.142. The Morgan fingerprint density at radius 2 is 1.56 bits per heavy atom. The van der Waals surface area contributed by atoms with E-state index in [-0.39, 0.29) is 12.1 Å². The summed E-state index contributed by atoms with van der Waals surface area (Å²) in [5.74, 6) is 0. The molecule has 0 radical (unpaired) electrons. The van der Waals surface area contributed by atoms with E-state index in [0.717, 1.165) is 27.0 Å². The van der Waals surface area contributed by atoms with Crippen molar-refractivity contribution in [3.8, 4) is 0 Å².